The van der Waals surface area contributed by atoms with Crippen LogP contribution in [0.4, 0.5) is 0 Å². The number of para-hydroxylation sites is 1. The van der Waals surface area contributed by atoms with E-state index in [-0.39, 0.29) is 5.41 Å². The summed E-state index contributed by atoms with van der Waals surface area (Å²) in [7, 11) is 0. The van der Waals surface area contributed by atoms with E-state index in [0.29, 0.717) is 0 Å². The molecule has 2 aromatic heterocycles. The van der Waals surface area contributed by atoms with Crippen LogP contribution in [0.3, 0.4) is 0 Å². The molecule has 2 nitrogen and oxygen atoms in total. The van der Waals surface area contributed by atoms with Crippen LogP contribution < -0.4 is 0 Å². The maximum Gasteiger partial charge on any atom is 0.0562 e. The molecule has 0 aliphatic heterocycles. The van der Waals surface area contributed by atoms with Crippen molar-refractivity contribution in [2.45, 2.75) is 40.0 Å². The summed E-state index contributed by atoms with van der Waals surface area (Å²) in [4.78, 5) is 3.65. The average Bonchev–Trinajstić information content (AvgIpc) is 3.34. The minimum Gasteiger partial charge on any atom is -0.354 e. The summed E-state index contributed by atoms with van der Waals surface area (Å²) < 4.78 is 2.43. The number of benzene rings is 4. The van der Waals surface area contributed by atoms with Crippen molar-refractivity contribution in [1.82, 2.24) is 9.55 Å². The molecule has 0 atom stereocenters. The third-order valence-electron chi connectivity index (χ3n) is 7.14. The highest BCUT2D eigenvalue weighted by atomic mass is 15.0. The fourth-order valence-corrected chi connectivity index (χ4v) is 5.35. The molecule has 34 heavy (non-hydrogen) atoms. The maximum absolute atomic E-state index is 3.65. The molecule has 0 amide bonds. The Morgan fingerprint density at radius 3 is 2.26 bits per heavy atom. The van der Waals surface area contributed by atoms with Crippen molar-refractivity contribution in [2.75, 3.05) is 0 Å². The third-order valence-corrected chi connectivity index (χ3v) is 7.14. The number of rotatable bonds is 2. The Morgan fingerprint density at radius 2 is 1.53 bits per heavy atom. The van der Waals surface area contributed by atoms with Crippen LogP contribution in [0.5, 0.6) is 0 Å². The lowest BCUT2D eigenvalue weighted by atomic mass is 9.87. The summed E-state index contributed by atoms with van der Waals surface area (Å²) in [6.45, 7) is 11.1. The molecule has 0 aliphatic carbocycles. The number of aromatic nitrogens is 2. The van der Waals surface area contributed by atoms with Crippen molar-refractivity contribution < 1.29 is 0 Å². The molecule has 0 aliphatic rings. The zero-order chi connectivity index (χ0) is 23.6. The first-order valence-electron chi connectivity index (χ1n) is 12.1. The van der Waals surface area contributed by atoms with Gasteiger partial charge in [0.2, 0.25) is 0 Å². The first-order valence-corrected chi connectivity index (χ1v) is 12.1. The molecule has 0 bridgehead atoms. The Bertz CT molecular complexity index is 1730. The number of fused-ring (bicyclic) bond motifs is 6. The van der Waals surface area contributed by atoms with Crippen molar-refractivity contribution in [1.29, 1.82) is 0 Å². The molecule has 168 valence electrons. The van der Waals surface area contributed by atoms with Gasteiger partial charge in [0.05, 0.1) is 11.0 Å². The molecule has 2 heteroatoms. The molecular weight excluding hydrogens is 412 g/mol. The predicted molar refractivity (Wildman–Crippen MR) is 148 cm³/mol. The molecule has 0 fully saturated rings. The molecule has 0 saturated heterocycles. The van der Waals surface area contributed by atoms with Gasteiger partial charge >= 0.3 is 0 Å². The highest BCUT2D eigenvalue weighted by Crippen LogP contribution is 2.40. The number of aryl methyl sites for hydroxylation is 1. The van der Waals surface area contributed by atoms with Crippen molar-refractivity contribution in [3.63, 3.8) is 0 Å². The Hall–Kier alpha value is -3.78. The number of H-pyrrole nitrogens is 1. The van der Waals surface area contributed by atoms with E-state index in [1.54, 1.807) is 0 Å². The molecular formula is C32H30N2. The van der Waals surface area contributed by atoms with Gasteiger partial charge in [0, 0.05) is 38.3 Å². The molecule has 0 unspecified atom stereocenters. The van der Waals surface area contributed by atoms with E-state index < -0.39 is 0 Å². The number of hydrogen-bond acceptors (Lipinski definition) is 0. The Labute approximate surface area is 200 Å². The Morgan fingerprint density at radius 1 is 0.765 bits per heavy atom. The smallest absolute Gasteiger partial charge is 0.0562 e. The van der Waals surface area contributed by atoms with E-state index >= 15 is 0 Å². The van der Waals surface area contributed by atoms with Crippen molar-refractivity contribution in [3.8, 4) is 5.69 Å². The van der Waals surface area contributed by atoms with E-state index in [2.05, 4.69) is 129 Å². The van der Waals surface area contributed by atoms with Gasteiger partial charge in [-0.1, -0.05) is 69.3 Å². The monoisotopic (exact) mass is 442 g/mol. The van der Waals surface area contributed by atoms with Crippen LogP contribution in [0.2, 0.25) is 0 Å². The van der Waals surface area contributed by atoms with Crippen molar-refractivity contribution in [2.24, 2.45) is 0 Å². The Balaban J connectivity index is 1.77. The Kier molecular flexibility index (Phi) is 4.50. The largest absolute Gasteiger partial charge is 0.354 e. The summed E-state index contributed by atoms with van der Waals surface area (Å²) in [5.41, 5.74) is 10.1. The van der Waals surface area contributed by atoms with Crippen molar-refractivity contribution in [3.05, 3.63) is 95.6 Å². The summed E-state index contributed by atoms with van der Waals surface area (Å²) in [6.07, 6.45) is 4.40. The fourth-order valence-electron chi connectivity index (χ4n) is 5.35. The first kappa shape index (κ1) is 20.8. The normalized spacial score (nSPS) is 12.7. The van der Waals surface area contributed by atoms with E-state index in [9.17, 15) is 0 Å². The second-order valence-electron chi connectivity index (χ2n) is 10.4. The van der Waals surface area contributed by atoms with Crippen LogP contribution in [0.15, 0.2) is 78.9 Å². The van der Waals surface area contributed by atoms with Crippen LogP contribution in [-0.2, 0) is 5.41 Å². The lowest BCUT2D eigenvalue weighted by Gasteiger charge is -2.19. The maximum atomic E-state index is 3.65. The molecule has 1 N–H and O–H groups in total. The van der Waals surface area contributed by atoms with Gasteiger partial charge in [-0.25, -0.2) is 0 Å². The van der Waals surface area contributed by atoms with Crippen LogP contribution in [0.1, 0.15) is 44.4 Å². The minimum absolute atomic E-state index is 0.131. The second-order valence-corrected chi connectivity index (χ2v) is 10.4. The quantitative estimate of drug-likeness (QED) is 0.276. The van der Waals surface area contributed by atoms with E-state index in [0.717, 1.165) is 0 Å². The predicted octanol–water partition coefficient (Wildman–Crippen LogP) is 9.06. The van der Waals surface area contributed by atoms with Gasteiger partial charge in [-0.2, -0.15) is 0 Å². The van der Waals surface area contributed by atoms with Gasteiger partial charge in [-0.05, 0) is 72.4 Å². The number of hydrogen-bond donors (Lipinski definition) is 1. The molecule has 4 aromatic carbocycles. The van der Waals surface area contributed by atoms with E-state index in [1.165, 1.54) is 66.0 Å². The highest BCUT2D eigenvalue weighted by molar-refractivity contribution is 6.20. The summed E-state index contributed by atoms with van der Waals surface area (Å²) in [6, 6.07) is 26.9. The third kappa shape index (κ3) is 3.02. The first-order chi connectivity index (χ1) is 16.4. The number of nitrogens with one attached hydrogen (secondary N) is 1. The van der Waals surface area contributed by atoms with Gasteiger partial charge in [-0.15, -0.1) is 0 Å². The number of aromatic amines is 1. The zero-order valence-electron chi connectivity index (χ0n) is 20.5. The molecule has 6 aromatic rings. The second kappa shape index (κ2) is 7.36. The number of nitrogens with zero attached hydrogens (tertiary/aromatic N) is 1. The zero-order valence-corrected chi connectivity index (χ0v) is 20.5. The summed E-state index contributed by atoms with van der Waals surface area (Å²) in [5, 5.41) is 5.16. The van der Waals surface area contributed by atoms with Gasteiger partial charge in [0.15, 0.2) is 0 Å². The van der Waals surface area contributed by atoms with Gasteiger partial charge in [0.25, 0.3) is 0 Å². The van der Waals surface area contributed by atoms with Crippen LogP contribution in [0, 0.1) is 6.92 Å². The minimum atomic E-state index is 0.131. The van der Waals surface area contributed by atoms with Gasteiger partial charge < -0.3 is 9.55 Å². The van der Waals surface area contributed by atoms with Crippen molar-refractivity contribution >= 4 is 49.7 Å². The molecule has 0 saturated carbocycles. The molecule has 6 rings (SSSR count). The summed E-state index contributed by atoms with van der Waals surface area (Å²) >= 11 is 0. The molecule has 0 spiro atoms. The lowest BCUT2D eigenvalue weighted by Crippen LogP contribution is -2.10. The topological polar surface area (TPSA) is 20.7 Å². The average molecular weight is 443 g/mol. The van der Waals surface area contributed by atoms with Gasteiger partial charge in [0.1, 0.15) is 0 Å². The molecule has 0 radical (unpaired) electrons. The van der Waals surface area contributed by atoms with E-state index in [1.807, 2.05) is 0 Å². The fraction of sp³-hybridized carbons (Fsp3) is 0.188. The standard InChI is InChI=1S/C32H30N2/c1-6-9-23-20(2)12-17-29-31(23)26-18-25-24-10-7-8-11-27(24)33-28(25)19-30(26)34(29)22-15-13-21(14-16-22)32(3,4)5/h6-19,33H,1-5H3/b9-6-. The summed E-state index contributed by atoms with van der Waals surface area (Å²) in [5.74, 6) is 0. The molecule has 2 heterocycles. The van der Waals surface area contributed by atoms with Crippen LogP contribution in [-0.4, -0.2) is 9.55 Å². The van der Waals surface area contributed by atoms with Crippen LogP contribution >= 0.6 is 0 Å². The SMILES string of the molecule is C/C=C\c1c(C)ccc2c1c1cc3c(cc1n2-c1ccc(C(C)(C)C)cc1)[nH]c1ccccc13. The lowest BCUT2D eigenvalue weighted by molar-refractivity contribution is 0.590. The van der Waals surface area contributed by atoms with E-state index in [4.69, 9.17) is 0 Å². The highest BCUT2D eigenvalue weighted by Gasteiger charge is 2.19. The number of allylic oxidation sites excluding steroid dienone is 1. The van der Waals surface area contributed by atoms with Gasteiger partial charge in [-0.3, -0.25) is 0 Å². The van der Waals surface area contributed by atoms with Crippen LogP contribution in [0.25, 0.3) is 55.4 Å².